The van der Waals surface area contributed by atoms with Crippen LogP contribution in [-0.2, 0) is 11.2 Å². The number of carboxylic acid groups (broad SMARTS) is 1. The van der Waals surface area contributed by atoms with E-state index in [-0.39, 0.29) is 18.1 Å². The van der Waals surface area contributed by atoms with Gasteiger partial charge in [0, 0.05) is 28.0 Å². The molecule has 0 aliphatic carbocycles. The summed E-state index contributed by atoms with van der Waals surface area (Å²) in [7, 11) is 0. The Bertz CT molecular complexity index is 1670. The lowest BCUT2D eigenvalue weighted by atomic mass is 10.0. The minimum absolute atomic E-state index is 0.140. The number of imidazole rings is 1. The minimum atomic E-state index is -0.927. The van der Waals surface area contributed by atoms with Crippen molar-refractivity contribution in [2.45, 2.75) is 25.8 Å². The third kappa shape index (κ3) is 5.58. The van der Waals surface area contributed by atoms with Crippen LogP contribution in [0.3, 0.4) is 0 Å². The smallest absolute Gasteiger partial charge is 0.322 e. The van der Waals surface area contributed by atoms with E-state index in [0.717, 1.165) is 34.6 Å². The van der Waals surface area contributed by atoms with Gasteiger partial charge in [-0.2, -0.15) is 4.68 Å². The summed E-state index contributed by atoms with van der Waals surface area (Å²) in [6.07, 6.45) is 9.97. The van der Waals surface area contributed by atoms with Crippen LogP contribution in [0.4, 0.5) is 0 Å². The van der Waals surface area contributed by atoms with E-state index in [9.17, 15) is 9.59 Å². The van der Waals surface area contributed by atoms with Crippen molar-refractivity contribution in [3.05, 3.63) is 106 Å². The van der Waals surface area contributed by atoms with E-state index in [0.29, 0.717) is 28.5 Å². The molecule has 0 bridgehead atoms. The molecule has 12 heteroatoms. The molecule has 1 aliphatic rings. The molecular weight excluding hydrogens is 520 g/mol. The zero-order valence-corrected chi connectivity index (χ0v) is 21.8. The predicted molar refractivity (Wildman–Crippen MR) is 146 cm³/mol. The lowest BCUT2D eigenvalue weighted by molar-refractivity contribution is -0.135. The Morgan fingerprint density at radius 3 is 2.95 bits per heavy atom. The third-order valence-corrected chi connectivity index (χ3v) is 6.65. The maximum atomic E-state index is 13.4. The number of tetrazole rings is 1. The van der Waals surface area contributed by atoms with E-state index in [1.807, 2.05) is 12.1 Å². The number of aromatic nitrogens is 7. The fourth-order valence-corrected chi connectivity index (χ4v) is 4.73. The molecule has 11 nitrogen and oxygen atoms in total. The molecular formula is C27H25ClN8O3. The molecule has 0 saturated carbocycles. The van der Waals surface area contributed by atoms with Crippen LogP contribution >= 0.6 is 11.6 Å². The van der Waals surface area contributed by atoms with Crippen molar-refractivity contribution in [2.24, 2.45) is 0 Å². The number of pyridine rings is 1. The van der Waals surface area contributed by atoms with Crippen LogP contribution in [0.2, 0.25) is 5.02 Å². The Morgan fingerprint density at radius 2 is 2.18 bits per heavy atom. The molecule has 1 aliphatic heterocycles. The summed E-state index contributed by atoms with van der Waals surface area (Å²) in [5, 5.41) is 23.5. The van der Waals surface area contributed by atoms with Crippen molar-refractivity contribution in [3.8, 4) is 16.8 Å². The van der Waals surface area contributed by atoms with E-state index in [2.05, 4.69) is 37.4 Å². The number of aliphatic carboxylic acids is 1. The number of H-pyrrole nitrogens is 1. The Hall–Kier alpha value is -4.77. The Balaban J connectivity index is 1.38. The van der Waals surface area contributed by atoms with Gasteiger partial charge in [0.05, 0.1) is 23.6 Å². The second kappa shape index (κ2) is 10.9. The van der Waals surface area contributed by atoms with Gasteiger partial charge in [0.1, 0.15) is 18.7 Å². The van der Waals surface area contributed by atoms with Gasteiger partial charge in [0.15, 0.2) is 0 Å². The van der Waals surface area contributed by atoms with Gasteiger partial charge in [-0.3, -0.25) is 9.59 Å². The minimum Gasteiger partial charge on any atom is -0.480 e. The average molecular weight is 545 g/mol. The van der Waals surface area contributed by atoms with Crippen molar-refractivity contribution >= 4 is 23.1 Å². The molecule has 3 N–H and O–H groups in total. The monoisotopic (exact) mass is 544 g/mol. The Morgan fingerprint density at radius 1 is 1.33 bits per heavy atom. The molecule has 4 aromatic rings. The summed E-state index contributed by atoms with van der Waals surface area (Å²) >= 11 is 6.29. The molecule has 5 rings (SSSR count). The summed E-state index contributed by atoms with van der Waals surface area (Å²) in [6.45, 7) is 5.72. The number of benzene rings is 1. The summed E-state index contributed by atoms with van der Waals surface area (Å²) < 4.78 is 3.31. The van der Waals surface area contributed by atoms with Gasteiger partial charge >= 0.3 is 5.97 Å². The molecule has 1 atom stereocenters. The molecule has 198 valence electrons. The number of nitrogens with one attached hydrogen (secondary N) is 2. The fraction of sp³-hybridized carbons (Fsp3) is 0.185. The van der Waals surface area contributed by atoms with E-state index < -0.39 is 5.97 Å². The number of hydrogen-bond acceptors (Lipinski definition) is 7. The molecule has 0 radical (unpaired) electrons. The zero-order valence-electron chi connectivity index (χ0n) is 21.0. The van der Waals surface area contributed by atoms with Gasteiger partial charge in [0.2, 0.25) is 0 Å². The van der Waals surface area contributed by atoms with Gasteiger partial charge in [-0.1, -0.05) is 30.3 Å². The van der Waals surface area contributed by atoms with Crippen LogP contribution in [0.1, 0.15) is 36.6 Å². The first-order chi connectivity index (χ1) is 18.8. The molecule has 1 aromatic carbocycles. The largest absolute Gasteiger partial charge is 0.480 e. The van der Waals surface area contributed by atoms with Crippen molar-refractivity contribution in [1.82, 2.24) is 40.1 Å². The fourth-order valence-electron chi connectivity index (χ4n) is 4.56. The van der Waals surface area contributed by atoms with Crippen molar-refractivity contribution < 1.29 is 9.90 Å². The molecule has 39 heavy (non-hydrogen) atoms. The lowest BCUT2D eigenvalue weighted by Gasteiger charge is -2.15. The molecule has 0 saturated heterocycles. The SMILES string of the molecule is C=C(/C=C\C=C(/C)NCC(=O)O)c1cnc([C@@H]2CCc3cc(-c4cc(Cl)ccc4-n4cnnn4)cc(=O)n32)[nH]1. The topological polar surface area (TPSA) is 144 Å². The van der Waals surface area contributed by atoms with Crippen molar-refractivity contribution in [1.29, 1.82) is 0 Å². The Kier molecular flexibility index (Phi) is 7.24. The van der Waals surface area contributed by atoms with Gasteiger partial charge < -0.3 is 20.0 Å². The quantitative estimate of drug-likeness (QED) is 0.271. The highest BCUT2D eigenvalue weighted by atomic mass is 35.5. The first kappa shape index (κ1) is 25.9. The number of carbonyl (C=O) groups is 1. The second-order valence-electron chi connectivity index (χ2n) is 9.08. The van der Waals surface area contributed by atoms with Crippen LogP contribution < -0.4 is 10.9 Å². The van der Waals surface area contributed by atoms with Crippen molar-refractivity contribution in [2.75, 3.05) is 6.54 Å². The molecule has 3 aromatic heterocycles. The number of aryl methyl sites for hydroxylation is 1. The highest BCUT2D eigenvalue weighted by Crippen LogP contribution is 2.34. The summed E-state index contributed by atoms with van der Waals surface area (Å²) in [4.78, 5) is 31.9. The number of carboxylic acids is 1. The number of fused-ring (bicyclic) bond motifs is 1. The van der Waals surface area contributed by atoms with Crippen molar-refractivity contribution in [3.63, 3.8) is 0 Å². The molecule has 0 fully saturated rings. The van der Waals surface area contributed by atoms with E-state index in [4.69, 9.17) is 16.7 Å². The number of rotatable bonds is 9. The standard InChI is InChI=1S/C27H25ClN8O3/c1-16(4-3-5-17(2)29-14-26(38)39)22-13-30-27(32-22)24-9-7-20-10-18(11-25(37)36(20)24)21-12-19(28)6-8-23(21)35-15-31-33-34-35/h3-6,8,10-13,15,24,29H,1,7,9,14H2,2H3,(H,30,32)(H,38,39)/b4-3-,17-5+/t24-/m0/s1. The van der Waals surface area contributed by atoms with E-state index >= 15 is 0 Å². The normalized spacial score (nSPS) is 15.0. The number of halogens is 1. The highest BCUT2D eigenvalue weighted by Gasteiger charge is 2.28. The zero-order chi connectivity index (χ0) is 27.5. The van der Waals surface area contributed by atoms with Gasteiger partial charge in [-0.25, -0.2) is 4.98 Å². The Labute approximate surface area is 228 Å². The number of allylic oxidation sites excluding steroid dienone is 5. The van der Waals surface area contributed by atoms with Gasteiger partial charge in [-0.15, -0.1) is 5.10 Å². The summed E-state index contributed by atoms with van der Waals surface area (Å²) in [5.74, 6) is -0.247. The second-order valence-corrected chi connectivity index (χ2v) is 9.51. The highest BCUT2D eigenvalue weighted by molar-refractivity contribution is 6.31. The lowest BCUT2D eigenvalue weighted by Crippen LogP contribution is -2.24. The molecule has 4 heterocycles. The first-order valence-corrected chi connectivity index (χ1v) is 12.5. The molecule has 0 unspecified atom stereocenters. The van der Waals surface area contributed by atoms with Crippen LogP contribution in [0.15, 0.2) is 78.2 Å². The van der Waals surface area contributed by atoms with Gasteiger partial charge in [-0.05, 0) is 71.7 Å². The van der Waals surface area contributed by atoms with Gasteiger partial charge in [0.25, 0.3) is 5.56 Å². The van der Waals surface area contributed by atoms with E-state index in [1.165, 1.54) is 11.0 Å². The predicted octanol–water partition coefficient (Wildman–Crippen LogP) is 3.55. The number of nitrogens with zero attached hydrogens (tertiary/aromatic N) is 6. The number of hydrogen-bond donors (Lipinski definition) is 3. The maximum Gasteiger partial charge on any atom is 0.322 e. The molecule has 0 spiro atoms. The maximum absolute atomic E-state index is 13.4. The average Bonchev–Trinajstić information content (AvgIpc) is 3.68. The van der Waals surface area contributed by atoms with Crippen LogP contribution in [0.5, 0.6) is 0 Å². The van der Waals surface area contributed by atoms with Crippen LogP contribution in [0, 0.1) is 0 Å². The summed E-state index contributed by atoms with van der Waals surface area (Å²) in [5.41, 5.74) is 5.12. The first-order valence-electron chi connectivity index (χ1n) is 12.1. The van der Waals surface area contributed by atoms with E-state index in [1.54, 1.807) is 54.1 Å². The van der Waals surface area contributed by atoms with Crippen LogP contribution in [0.25, 0.3) is 22.4 Å². The van der Waals surface area contributed by atoms with Crippen LogP contribution in [-0.4, -0.2) is 52.4 Å². The molecule has 0 amide bonds. The number of aromatic amines is 1. The summed E-state index contributed by atoms with van der Waals surface area (Å²) in [6, 6.07) is 8.74. The third-order valence-electron chi connectivity index (χ3n) is 6.42.